The maximum atomic E-state index is 12.1. The largest absolute Gasteiger partial charge is 0.366 e. The number of amides is 2. The Morgan fingerprint density at radius 1 is 1.29 bits per heavy atom. The van der Waals surface area contributed by atoms with Crippen molar-refractivity contribution in [3.8, 4) is 0 Å². The SMILES string of the molecule is CC(=O)N1c2ccc(C(N)=O)cc2[C@H](N)[C@@H](C)[C@@H]1C(C)C. The van der Waals surface area contributed by atoms with E-state index in [9.17, 15) is 9.59 Å². The third-order valence-electron chi connectivity index (χ3n) is 4.36. The molecule has 0 saturated heterocycles. The van der Waals surface area contributed by atoms with Crippen molar-refractivity contribution >= 4 is 17.5 Å². The highest BCUT2D eigenvalue weighted by molar-refractivity contribution is 5.97. The van der Waals surface area contributed by atoms with Crippen LogP contribution in [0.25, 0.3) is 0 Å². The second-order valence-corrected chi connectivity index (χ2v) is 6.15. The van der Waals surface area contributed by atoms with Crippen molar-refractivity contribution in [2.45, 2.75) is 39.8 Å². The molecule has 1 aromatic rings. The molecule has 0 fully saturated rings. The van der Waals surface area contributed by atoms with Crippen molar-refractivity contribution in [3.05, 3.63) is 29.3 Å². The van der Waals surface area contributed by atoms with Crippen molar-refractivity contribution in [1.82, 2.24) is 0 Å². The number of carbonyl (C=O) groups is 2. The zero-order chi connectivity index (χ0) is 15.9. The van der Waals surface area contributed by atoms with Crippen molar-refractivity contribution < 1.29 is 9.59 Å². The molecule has 1 heterocycles. The first-order chi connectivity index (χ1) is 9.75. The average molecular weight is 289 g/mol. The minimum atomic E-state index is -0.488. The lowest BCUT2D eigenvalue weighted by atomic mass is 9.77. The molecule has 2 amide bonds. The van der Waals surface area contributed by atoms with Crippen LogP contribution >= 0.6 is 0 Å². The first-order valence-corrected chi connectivity index (χ1v) is 7.24. The fraction of sp³-hybridized carbons (Fsp3) is 0.500. The molecular formula is C16H23N3O2. The predicted octanol–water partition coefficient (Wildman–Crippen LogP) is 1.81. The van der Waals surface area contributed by atoms with Crippen molar-refractivity contribution in [2.24, 2.45) is 23.3 Å². The van der Waals surface area contributed by atoms with E-state index in [1.165, 1.54) is 0 Å². The van der Waals surface area contributed by atoms with Gasteiger partial charge in [0.25, 0.3) is 0 Å². The Balaban J connectivity index is 2.63. The van der Waals surface area contributed by atoms with Crippen LogP contribution in [0.1, 0.15) is 49.7 Å². The number of anilines is 1. The van der Waals surface area contributed by atoms with Gasteiger partial charge in [-0.2, -0.15) is 0 Å². The number of nitrogens with two attached hydrogens (primary N) is 2. The monoisotopic (exact) mass is 289 g/mol. The number of rotatable bonds is 2. The summed E-state index contributed by atoms with van der Waals surface area (Å²) >= 11 is 0. The lowest BCUT2D eigenvalue weighted by Crippen LogP contribution is -2.52. The molecule has 5 nitrogen and oxygen atoms in total. The van der Waals surface area contributed by atoms with E-state index in [1.807, 2.05) is 6.92 Å². The highest BCUT2D eigenvalue weighted by atomic mass is 16.2. The maximum Gasteiger partial charge on any atom is 0.248 e. The van der Waals surface area contributed by atoms with E-state index in [2.05, 4.69) is 13.8 Å². The molecule has 1 aliphatic heterocycles. The molecule has 21 heavy (non-hydrogen) atoms. The minimum Gasteiger partial charge on any atom is -0.366 e. The topological polar surface area (TPSA) is 89.4 Å². The van der Waals surface area contributed by atoms with Gasteiger partial charge in [0.2, 0.25) is 11.8 Å². The highest BCUT2D eigenvalue weighted by Gasteiger charge is 2.40. The molecule has 4 N–H and O–H groups in total. The molecule has 1 aliphatic rings. The van der Waals surface area contributed by atoms with Gasteiger partial charge >= 0.3 is 0 Å². The Morgan fingerprint density at radius 3 is 2.38 bits per heavy atom. The number of hydrogen-bond acceptors (Lipinski definition) is 3. The second-order valence-electron chi connectivity index (χ2n) is 6.15. The second kappa shape index (κ2) is 5.48. The van der Waals surface area contributed by atoms with Gasteiger partial charge in [0.15, 0.2) is 0 Å². The van der Waals surface area contributed by atoms with Gasteiger partial charge in [-0.1, -0.05) is 20.8 Å². The van der Waals surface area contributed by atoms with Crippen LogP contribution in [0.3, 0.4) is 0 Å². The Kier molecular flexibility index (Phi) is 4.05. The van der Waals surface area contributed by atoms with Crippen LogP contribution in [0.5, 0.6) is 0 Å². The Hall–Kier alpha value is -1.88. The molecule has 0 unspecified atom stereocenters. The summed E-state index contributed by atoms with van der Waals surface area (Å²) in [7, 11) is 0. The van der Waals surface area contributed by atoms with Crippen LogP contribution in [-0.2, 0) is 4.79 Å². The Bertz CT molecular complexity index is 583. The van der Waals surface area contributed by atoms with Crippen molar-refractivity contribution in [1.29, 1.82) is 0 Å². The molecule has 0 saturated carbocycles. The summed E-state index contributed by atoms with van der Waals surface area (Å²) in [6.45, 7) is 7.79. The summed E-state index contributed by atoms with van der Waals surface area (Å²) in [5, 5.41) is 0. The Labute approximate surface area is 125 Å². The number of nitrogens with zero attached hydrogens (tertiary/aromatic N) is 1. The normalized spacial score (nSPS) is 24.9. The standard InChI is InChI=1S/C16H23N3O2/c1-8(2)15-9(3)14(17)12-7-11(16(18)21)5-6-13(12)19(15)10(4)20/h5-9,14-15H,17H2,1-4H3,(H2,18,21)/t9-,14-,15+/m1/s1. The van der Waals surface area contributed by atoms with E-state index in [-0.39, 0.29) is 23.9 Å². The molecule has 3 atom stereocenters. The number of carbonyl (C=O) groups excluding carboxylic acids is 2. The van der Waals surface area contributed by atoms with Crippen LogP contribution in [-0.4, -0.2) is 17.9 Å². The van der Waals surface area contributed by atoms with E-state index in [1.54, 1.807) is 30.0 Å². The third-order valence-corrected chi connectivity index (χ3v) is 4.36. The molecule has 0 aromatic heterocycles. The van der Waals surface area contributed by atoms with Gasteiger partial charge in [0.05, 0.1) is 0 Å². The first kappa shape index (κ1) is 15.5. The summed E-state index contributed by atoms with van der Waals surface area (Å²) in [6.07, 6.45) is 0. The van der Waals surface area contributed by atoms with Gasteiger partial charge in [0, 0.05) is 30.3 Å². The summed E-state index contributed by atoms with van der Waals surface area (Å²) in [4.78, 5) is 25.3. The zero-order valence-electron chi connectivity index (χ0n) is 13.0. The van der Waals surface area contributed by atoms with Gasteiger partial charge in [-0.3, -0.25) is 9.59 Å². The van der Waals surface area contributed by atoms with E-state index in [0.717, 1.165) is 11.3 Å². The summed E-state index contributed by atoms with van der Waals surface area (Å²) in [5.74, 6) is -0.109. The third kappa shape index (κ3) is 2.53. The molecule has 1 aromatic carbocycles. The molecule has 0 bridgehead atoms. The predicted molar refractivity (Wildman–Crippen MR) is 82.8 cm³/mol. The van der Waals surface area contributed by atoms with E-state index in [0.29, 0.717) is 11.5 Å². The van der Waals surface area contributed by atoms with Gasteiger partial charge in [-0.05, 0) is 35.6 Å². The molecule has 0 spiro atoms. The van der Waals surface area contributed by atoms with Crippen molar-refractivity contribution in [2.75, 3.05) is 4.90 Å². The van der Waals surface area contributed by atoms with Gasteiger partial charge in [0.1, 0.15) is 0 Å². The molecular weight excluding hydrogens is 266 g/mol. The number of hydrogen-bond donors (Lipinski definition) is 2. The summed E-state index contributed by atoms with van der Waals surface area (Å²) in [6, 6.07) is 4.97. The molecule has 2 rings (SSSR count). The van der Waals surface area contributed by atoms with Crippen molar-refractivity contribution in [3.63, 3.8) is 0 Å². The number of primary amides is 1. The van der Waals surface area contributed by atoms with Crippen LogP contribution in [0.2, 0.25) is 0 Å². The lowest BCUT2D eigenvalue weighted by molar-refractivity contribution is -0.117. The summed E-state index contributed by atoms with van der Waals surface area (Å²) < 4.78 is 0. The fourth-order valence-electron chi connectivity index (χ4n) is 3.37. The number of benzene rings is 1. The molecule has 5 heteroatoms. The van der Waals surface area contributed by atoms with Crippen LogP contribution in [0.15, 0.2) is 18.2 Å². The molecule has 114 valence electrons. The van der Waals surface area contributed by atoms with E-state index in [4.69, 9.17) is 11.5 Å². The average Bonchev–Trinajstić information content (AvgIpc) is 2.41. The van der Waals surface area contributed by atoms with Gasteiger partial charge < -0.3 is 16.4 Å². The van der Waals surface area contributed by atoms with E-state index < -0.39 is 5.91 Å². The highest BCUT2D eigenvalue weighted by Crippen LogP contribution is 2.42. The minimum absolute atomic E-state index is 0.0134. The van der Waals surface area contributed by atoms with Gasteiger partial charge in [-0.25, -0.2) is 0 Å². The molecule has 0 radical (unpaired) electrons. The first-order valence-electron chi connectivity index (χ1n) is 7.24. The lowest BCUT2D eigenvalue weighted by Gasteiger charge is -2.46. The zero-order valence-corrected chi connectivity index (χ0v) is 13.0. The van der Waals surface area contributed by atoms with Crippen LogP contribution in [0, 0.1) is 11.8 Å². The van der Waals surface area contributed by atoms with E-state index >= 15 is 0 Å². The van der Waals surface area contributed by atoms with Crippen LogP contribution in [0.4, 0.5) is 5.69 Å². The van der Waals surface area contributed by atoms with Crippen LogP contribution < -0.4 is 16.4 Å². The maximum absolute atomic E-state index is 12.1. The Morgan fingerprint density at radius 2 is 1.90 bits per heavy atom. The summed E-state index contributed by atoms with van der Waals surface area (Å²) in [5.41, 5.74) is 13.7. The molecule has 0 aliphatic carbocycles. The smallest absolute Gasteiger partial charge is 0.248 e. The van der Waals surface area contributed by atoms with Gasteiger partial charge in [-0.15, -0.1) is 0 Å². The quantitative estimate of drug-likeness (QED) is 0.870. The number of fused-ring (bicyclic) bond motifs is 1. The fourth-order valence-corrected chi connectivity index (χ4v) is 3.37.